The third-order valence-electron chi connectivity index (χ3n) is 0.958. The van der Waals surface area contributed by atoms with E-state index in [1.807, 2.05) is 0 Å². The van der Waals surface area contributed by atoms with Crippen LogP contribution in [0.1, 0.15) is 26.7 Å². The summed E-state index contributed by atoms with van der Waals surface area (Å²) >= 11 is 0. The van der Waals surface area contributed by atoms with Gasteiger partial charge in [-0.2, -0.15) is 6.54 Å². The Balaban J connectivity index is -0.0000000600. The molecule has 0 fully saturated rings. The topological polar surface area (TPSA) is 23.8 Å². The zero-order chi connectivity index (χ0) is 5.70. The molecular formula is C6H14NY3-. The Morgan fingerprint density at radius 3 is 1.60 bits per heavy atom. The molecule has 0 saturated heterocycles. The maximum Gasteiger partial charge on any atom is 0 e. The number of hydrogen-bond donors (Lipinski definition) is 0. The molecule has 53 valence electrons. The van der Waals surface area contributed by atoms with E-state index in [1.165, 1.54) is 6.42 Å². The first-order valence-electron chi connectivity index (χ1n) is 2.92. The van der Waals surface area contributed by atoms with Gasteiger partial charge in [-0.15, -0.1) is 0 Å². The quantitative estimate of drug-likeness (QED) is 0.732. The number of rotatable bonds is 3. The van der Waals surface area contributed by atoms with Crippen molar-refractivity contribution in [1.29, 1.82) is 0 Å². The monoisotopic (exact) mass is 367 g/mol. The summed E-state index contributed by atoms with van der Waals surface area (Å²) in [5.74, 6) is 0.783. The fraction of sp³-hybridized carbons (Fsp3) is 1.00. The van der Waals surface area contributed by atoms with Crippen LogP contribution in [0.4, 0.5) is 0 Å². The minimum atomic E-state index is 0. The van der Waals surface area contributed by atoms with E-state index >= 15 is 0 Å². The van der Waals surface area contributed by atoms with Gasteiger partial charge in [-0.1, -0.05) is 26.7 Å². The average Bonchev–Trinajstić information content (AvgIpc) is 1.61. The normalized spacial score (nSPS) is 7.20. The molecule has 0 atom stereocenters. The molecule has 0 aliphatic carbocycles. The van der Waals surface area contributed by atoms with Gasteiger partial charge in [0.25, 0.3) is 0 Å². The van der Waals surface area contributed by atoms with Crippen LogP contribution in [0.2, 0.25) is 0 Å². The van der Waals surface area contributed by atoms with E-state index in [0.29, 0.717) is 6.54 Å². The molecule has 0 rings (SSSR count). The Bertz CT molecular complexity index is 42.0. The third-order valence-corrected chi connectivity index (χ3v) is 0.958. The van der Waals surface area contributed by atoms with E-state index < -0.39 is 0 Å². The minimum Gasteiger partial charge on any atom is -0.677 e. The van der Waals surface area contributed by atoms with Gasteiger partial charge in [0, 0.05) is 98.1 Å². The van der Waals surface area contributed by atoms with Gasteiger partial charge in [0.15, 0.2) is 0 Å². The van der Waals surface area contributed by atoms with E-state index in [9.17, 15) is 0 Å². The molecular weight excluding hydrogens is 353 g/mol. The van der Waals surface area contributed by atoms with Crippen LogP contribution in [-0.2, 0) is 98.1 Å². The Hall–Kier alpha value is 3.27. The molecule has 0 heterocycles. The van der Waals surface area contributed by atoms with Gasteiger partial charge in [0.2, 0.25) is 0 Å². The molecule has 0 aromatic heterocycles. The van der Waals surface area contributed by atoms with Crippen LogP contribution in [0.25, 0.3) is 5.73 Å². The van der Waals surface area contributed by atoms with Gasteiger partial charge < -0.3 is 5.73 Å². The molecule has 0 aromatic carbocycles. The smallest absolute Gasteiger partial charge is 0 e. The second-order valence-electron chi connectivity index (χ2n) is 2.29. The van der Waals surface area contributed by atoms with Crippen LogP contribution < -0.4 is 0 Å². The first kappa shape index (κ1) is 23.2. The van der Waals surface area contributed by atoms with E-state index in [1.54, 1.807) is 0 Å². The summed E-state index contributed by atoms with van der Waals surface area (Å²) in [6.07, 6.45) is 2.28. The number of nitrogens with one attached hydrogen (secondary N) is 1. The van der Waals surface area contributed by atoms with Crippen LogP contribution in [0.3, 0.4) is 0 Å². The molecule has 1 nitrogen and oxygen atoms in total. The Labute approximate surface area is 140 Å². The fourth-order valence-corrected chi connectivity index (χ4v) is 0.510. The summed E-state index contributed by atoms with van der Waals surface area (Å²) in [5.41, 5.74) is 6.80. The second-order valence-corrected chi connectivity index (χ2v) is 2.29. The zero-order valence-corrected chi connectivity index (χ0v) is 15.4. The van der Waals surface area contributed by atoms with Gasteiger partial charge >= 0.3 is 0 Å². The molecule has 3 radical (unpaired) electrons. The van der Waals surface area contributed by atoms with E-state index in [0.717, 1.165) is 12.3 Å². The molecule has 0 aliphatic heterocycles. The van der Waals surface area contributed by atoms with Crippen LogP contribution >= 0.6 is 0 Å². The SMILES string of the molecule is CC(C)CCC[NH-].[Y].[Y].[Y]. The van der Waals surface area contributed by atoms with Crippen LogP contribution in [-0.4, -0.2) is 6.54 Å². The first-order valence-corrected chi connectivity index (χ1v) is 2.92. The summed E-state index contributed by atoms with van der Waals surface area (Å²) < 4.78 is 0. The van der Waals surface area contributed by atoms with Crippen LogP contribution in [0, 0.1) is 5.92 Å². The molecule has 0 aromatic rings. The minimum absolute atomic E-state index is 0. The molecule has 0 unspecified atom stereocenters. The molecule has 4 heteroatoms. The Morgan fingerprint density at radius 1 is 1.10 bits per heavy atom. The van der Waals surface area contributed by atoms with Crippen molar-refractivity contribution in [2.24, 2.45) is 5.92 Å². The largest absolute Gasteiger partial charge is 0.677 e. The second kappa shape index (κ2) is 18.1. The molecule has 0 aliphatic rings. The van der Waals surface area contributed by atoms with Crippen molar-refractivity contribution in [2.45, 2.75) is 26.7 Å². The van der Waals surface area contributed by atoms with Gasteiger partial charge in [-0.25, -0.2) is 0 Å². The molecule has 0 spiro atoms. The van der Waals surface area contributed by atoms with E-state index in [4.69, 9.17) is 5.73 Å². The van der Waals surface area contributed by atoms with Gasteiger partial charge in [-0.3, -0.25) is 0 Å². The summed E-state index contributed by atoms with van der Waals surface area (Å²) in [6.45, 7) is 4.98. The van der Waals surface area contributed by atoms with Crippen molar-refractivity contribution in [2.75, 3.05) is 6.54 Å². The first-order chi connectivity index (χ1) is 3.27. The maximum atomic E-state index is 6.80. The van der Waals surface area contributed by atoms with Crippen molar-refractivity contribution < 1.29 is 98.1 Å². The van der Waals surface area contributed by atoms with Crippen molar-refractivity contribution in [1.82, 2.24) is 0 Å². The van der Waals surface area contributed by atoms with Gasteiger partial charge in [-0.05, 0) is 5.92 Å². The van der Waals surface area contributed by atoms with E-state index in [2.05, 4.69) is 13.8 Å². The fourth-order valence-electron chi connectivity index (χ4n) is 0.510. The Kier molecular flexibility index (Phi) is 42.2. The maximum absolute atomic E-state index is 6.80. The van der Waals surface area contributed by atoms with Crippen molar-refractivity contribution in [3.8, 4) is 0 Å². The molecule has 1 N–H and O–H groups in total. The van der Waals surface area contributed by atoms with Crippen LogP contribution in [0.15, 0.2) is 0 Å². The predicted molar refractivity (Wildman–Crippen MR) is 33.3 cm³/mol. The van der Waals surface area contributed by atoms with Gasteiger partial charge in [0.1, 0.15) is 0 Å². The van der Waals surface area contributed by atoms with Crippen molar-refractivity contribution in [3.63, 3.8) is 0 Å². The summed E-state index contributed by atoms with van der Waals surface area (Å²) in [5, 5.41) is 0. The van der Waals surface area contributed by atoms with Crippen molar-refractivity contribution in [3.05, 3.63) is 5.73 Å². The van der Waals surface area contributed by atoms with E-state index in [-0.39, 0.29) is 98.1 Å². The molecule has 0 amide bonds. The molecule has 0 saturated carbocycles. The third kappa shape index (κ3) is 22.5. The standard InChI is InChI=1S/C6H14N.3Y/c1-6(2)4-3-5-7;;;/h6-7H,3-5H2,1-2H3;;;/q-1;;;. The van der Waals surface area contributed by atoms with Crippen molar-refractivity contribution >= 4 is 0 Å². The summed E-state index contributed by atoms with van der Waals surface area (Å²) in [7, 11) is 0. The van der Waals surface area contributed by atoms with Crippen LogP contribution in [0.5, 0.6) is 0 Å². The summed E-state index contributed by atoms with van der Waals surface area (Å²) in [6, 6.07) is 0. The van der Waals surface area contributed by atoms with Gasteiger partial charge in [0.05, 0.1) is 0 Å². The molecule has 0 bridgehead atoms. The predicted octanol–water partition coefficient (Wildman–Crippen LogP) is 2.47. The number of hydrogen-bond acceptors (Lipinski definition) is 0. The average molecular weight is 367 g/mol. The molecule has 10 heavy (non-hydrogen) atoms. The zero-order valence-electron chi connectivity index (χ0n) is 6.93. The Morgan fingerprint density at radius 2 is 1.50 bits per heavy atom. The summed E-state index contributed by atoms with van der Waals surface area (Å²) in [4.78, 5) is 0.